The van der Waals surface area contributed by atoms with Gasteiger partial charge >= 0.3 is 5.97 Å². The third-order valence-electron chi connectivity index (χ3n) is 3.34. The van der Waals surface area contributed by atoms with Crippen LogP contribution in [0.1, 0.15) is 27.2 Å². The van der Waals surface area contributed by atoms with Gasteiger partial charge in [-0.05, 0) is 12.3 Å². The van der Waals surface area contributed by atoms with Crippen molar-refractivity contribution < 1.29 is 19.4 Å². The van der Waals surface area contributed by atoms with Crippen LogP contribution in [0.3, 0.4) is 0 Å². The Morgan fingerprint density at radius 1 is 1.50 bits per heavy atom. The number of Topliss-reactive ketones (excluding diaryl/α,β-unsaturated/α-hetero) is 1. The Hall–Kier alpha value is -1.65. The van der Waals surface area contributed by atoms with Crippen molar-refractivity contribution in [2.45, 2.75) is 27.2 Å². The molecular weight excluding hydrogens is 234 g/mol. The average molecular weight is 253 g/mol. The summed E-state index contributed by atoms with van der Waals surface area (Å²) in [6.07, 6.45) is 0.180. The molecule has 0 aliphatic heterocycles. The van der Waals surface area contributed by atoms with E-state index in [9.17, 15) is 14.7 Å². The molecule has 0 aromatic carbocycles. The number of carbonyl (C=O) groups is 2. The number of allylic oxidation sites excluding steroid dienone is 1. The molecule has 0 aromatic rings. The summed E-state index contributed by atoms with van der Waals surface area (Å²) in [7, 11) is 2.80. The van der Waals surface area contributed by atoms with Crippen molar-refractivity contribution in [3.8, 4) is 0 Å². The zero-order chi connectivity index (χ0) is 14.1. The summed E-state index contributed by atoms with van der Waals surface area (Å²) in [5.41, 5.74) is -0.0830. The second-order valence-electron chi connectivity index (χ2n) is 5.11. The van der Waals surface area contributed by atoms with Crippen molar-refractivity contribution in [3.05, 3.63) is 11.3 Å². The van der Waals surface area contributed by atoms with E-state index < -0.39 is 17.3 Å². The first-order valence-electron chi connectivity index (χ1n) is 5.74. The molecular formula is C13H19NO4. The smallest absolute Gasteiger partial charge is 0.316 e. The minimum Gasteiger partial charge on any atom is -0.511 e. The fourth-order valence-corrected chi connectivity index (χ4v) is 2.31. The Morgan fingerprint density at radius 3 is 2.50 bits per heavy atom. The number of esters is 1. The number of ether oxygens (including phenoxy) is 1. The normalized spacial score (nSPS) is 24.2. The number of methoxy groups -OCH3 is 1. The maximum Gasteiger partial charge on any atom is 0.316 e. The molecule has 0 aromatic heterocycles. The Kier molecular flexibility index (Phi) is 3.94. The summed E-state index contributed by atoms with van der Waals surface area (Å²) < 4.78 is 4.71. The zero-order valence-corrected chi connectivity index (χ0v) is 11.4. The Balaban J connectivity index is 3.42. The number of hydrogen-bond acceptors (Lipinski definition) is 5. The molecule has 0 bridgehead atoms. The molecule has 100 valence electrons. The Morgan fingerprint density at radius 2 is 2.06 bits per heavy atom. The molecule has 1 atom stereocenters. The van der Waals surface area contributed by atoms with E-state index in [1.807, 2.05) is 0 Å². The third kappa shape index (κ3) is 2.30. The molecule has 0 unspecified atom stereocenters. The lowest BCUT2D eigenvalue weighted by Gasteiger charge is -2.36. The fourth-order valence-electron chi connectivity index (χ4n) is 2.31. The second kappa shape index (κ2) is 4.92. The number of rotatable bonds is 2. The van der Waals surface area contributed by atoms with E-state index in [0.29, 0.717) is 5.71 Å². The molecule has 18 heavy (non-hydrogen) atoms. The summed E-state index contributed by atoms with van der Waals surface area (Å²) in [6.45, 7) is 5.16. The quantitative estimate of drug-likeness (QED) is 0.600. The van der Waals surface area contributed by atoms with E-state index in [-0.39, 0.29) is 23.5 Å². The first-order chi connectivity index (χ1) is 8.26. The highest BCUT2D eigenvalue weighted by molar-refractivity contribution is 6.23. The molecule has 0 fully saturated rings. The highest BCUT2D eigenvalue weighted by atomic mass is 16.5. The lowest BCUT2D eigenvalue weighted by Crippen LogP contribution is -2.41. The standard InChI is InChI=1S/C13H19NO4/c1-7(14-4)9-8(15)6-13(2,3)10(11(9)16)12(17)18-5/h10,16H,6H2,1-5H3/t10-/m0/s1. The van der Waals surface area contributed by atoms with Gasteiger partial charge in [0.15, 0.2) is 5.78 Å². The van der Waals surface area contributed by atoms with Crippen LogP contribution in [0.4, 0.5) is 0 Å². The molecule has 0 heterocycles. The SMILES string of the molecule is CN=C(C)C1=C(O)[C@@H](C(=O)OC)C(C)(C)CC1=O. The van der Waals surface area contributed by atoms with Crippen LogP contribution >= 0.6 is 0 Å². The minimum absolute atomic E-state index is 0.146. The van der Waals surface area contributed by atoms with Gasteiger partial charge in [0.05, 0.1) is 12.7 Å². The van der Waals surface area contributed by atoms with Gasteiger partial charge in [-0.15, -0.1) is 0 Å². The monoisotopic (exact) mass is 253 g/mol. The number of aliphatic hydroxyl groups is 1. The van der Waals surface area contributed by atoms with Crippen molar-refractivity contribution in [2.24, 2.45) is 16.3 Å². The zero-order valence-electron chi connectivity index (χ0n) is 11.4. The van der Waals surface area contributed by atoms with Crippen molar-refractivity contribution in [3.63, 3.8) is 0 Å². The highest BCUT2D eigenvalue weighted by Gasteiger charge is 2.47. The summed E-state index contributed by atoms with van der Waals surface area (Å²) in [5, 5.41) is 10.2. The van der Waals surface area contributed by atoms with Gasteiger partial charge in [0, 0.05) is 19.2 Å². The third-order valence-corrected chi connectivity index (χ3v) is 3.34. The van der Waals surface area contributed by atoms with Crippen molar-refractivity contribution in [1.82, 2.24) is 0 Å². The fraction of sp³-hybridized carbons (Fsp3) is 0.615. The van der Waals surface area contributed by atoms with Crippen LogP contribution in [0.5, 0.6) is 0 Å². The summed E-state index contributed by atoms with van der Waals surface area (Å²) in [6, 6.07) is 0. The number of ketones is 1. The van der Waals surface area contributed by atoms with Crippen LogP contribution in [0.15, 0.2) is 16.3 Å². The van der Waals surface area contributed by atoms with Gasteiger partial charge in [0.25, 0.3) is 0 Å². The lowest BCUT2D eigenvalue weighted by molar-refractivity contribution is -0.150. The van der Waals surface area contributed by atoms with Gasteiger partial charge < -0.3 is 9.84 Å². The van der Waals surface area contributed by atoms with E-state index in [4.69, 9.17) is 4.74 Å². The van der Waals surface area contributed by atoms with Gasteiger partial charge in [0.1, 0.15) is 11.7 Å². The molecule has 1 aliphatic rings. The van der Waals surface area contributed by atoms with Crippen molar-refractivity contribution in [1.29, 1.82) is 0 Å². The van der Waals surface area contributed by atoms with Crippen molar-refractivity contribution >= 4 is 17.5 Å². The molecule has 5 nitrogen and oxygen atoms in total. The van der Waals surface area contributed by atoms with Crippen LogP contribution in [-0.2, 0) is 14.3 Å². The maximum absolute atomic E-state index is 12.0. The number of carbonyl (C=O) groups excluding carboxylic acids is 2. The largest absolute Gasteiger partial charge is 0.511 e. The predicted molar refractivity (Wildman–Crippen MR) is 67.6 cm³/mol. The first-order valence-corrected chi connectivity index (χ1v) is 5.74. The second-order valence-corrected chi connectivity index (χ2v) is 5.11. The molecule has 5 heteroatoms. The topological polar surface area (TPSA) is 76.0 Å². The van der Waals surface area contributed by atoms with Crippen molar-refractivity contribution in [2.75, 3.05) is 14.2 Å². The van der Waals surface area contributed by atoms with Crippen LogP contribution in [0, 0.1) is 11.3 Å². The summed E-state index contributed by atoms with van der Waals surface area (Å²) in [5.74, 6) is -1.79. The van der Waals surface area contributed by atoms with Gasteiger partial charge in [-0.3, -0.25) is 14.6 Å². The summed E-state index contributed by atoms with van der Waals surface area (Å²) >= 11 is 0. The van der Waals surface area contributed by atoms with E-state index in [2.05, 4.69) is 4.99 Å². The number of aliphatic imine (C=N–C) groups is 1. The number of aliphatic hydroxyl groups excluding tert-OH is 1. The number of nitrogens with zero attached hydrogens (tertiary/aromatic N) is 1. The maximum atomic E-state index is 12.0. The first kappa shape index (κ1) is 14.4. The molecule has 0 saturated carbocycles. The molecule has 0 saturated heterocycles. The van der Waals surface area contributed by atoms with Gasteiger partial charge in [0.2, 0.25) is 0 Å². The van der Waals surface area contributed by atoms with E-state index >= 15 is 0 Å². The number of hydrogen-bond donors (Lipinski definition) is 1. The highest BCUT2D eigenvalue weighted by Crippen LogP contribution is 2.42. The minimum atomic E-state index is -0.827. The molecule has 0 spiro atoms. The van der Waals surface area contributed by atoms with Crippen LogP contribution < -0.4 is 0 Å². The van der Waals surface area contributed by atoms with Gasteiger partial charge in [-0.1, -0.05) is 13.8 Å². The van der Waals surface area contributed by atoms with E-state index in [1.165, 1.54) is 14.2 Å². The molecule has 0 radical (unpaired) electrons. The van der Waals surface area contributed by atoms with E-state index in [0.717, 1.165) is 0 Å². The summed E-state index contributed by atoms with van der Waals surface area (Å²) in [4.78, 5) is 27.7. The molecule has 1 aliphatic carbocycles. The molecule has 1 rings (SSSR count). The van der Waals surface area contributed by atoms with Crippen LogP contribution in [0.25, 0.3) is 0 Å². The van der Waals surface area contributed by atoms with E-state index in [1.54, 1.807) is 20.8 Å². The Labute approximate surface area is 107 Å². The molecule has 0 amide bonds. The van der Waals surface area contributed by atoms with Gasteiger partial charge in [-0.25, -0.2) is 0 Å². The van der Waals surface area contributed by atoms with Crippen LogP contribution in [0.2, 0.25) is 0 Å². The lowest BCUT2D eigenvalue weighted by atomic mass is 9.68. The average Bonchev–Trinajstić information content (AvgIpc) is 2.26. The van der Waals surface area contributed by atoms with Crippen LogP contribution in [-0.4, -0.2) is 36.7 Å². The van der Waals surface area contributed by atoms with Gasteiger partial charge in [-0.2, -0.15) is 0 Å². The predicted octanol–water partition coefficient (Wildman–Crippen LogP) is 1.68. The Bertz CT molecular complexity index is 446. The molecule has 1 N–H and O–H groups in total.